The Morgan fingerprint density at radius 1 is 0.977 bits per heavy atom. The van der Waals surface area contributed by atoms with Gasteiger partial charge in [0.05, 0.1) is 12.1 Å². The van der Waals surface area contributed by atoms with Crippen LogP contribution in [0.5, 0.6) is 0 Å². The molecule has 0 aliphatic carbocycles. The smallest absolute Gasteiger partial charge is 0.413 e. The van der Waals surface area contributed by atoms with E-state index in [0.29, 0.717) is 43.0 Å². The van der Waals surface area contributed by atoms with E-state index in [0.717, 1.165) is 16.7 Å². The summed E-state index contributed by atoms with van der Waals surface area (Å²) in [5, 5.41) is 5.56. The van der Waals surface area contributed by atoms with Gasteiger partial charge in [-0.25, -0.2) is 14.2 Å². The van der Waals surface area contributed by atoms with E-state index in [1.54, 1.807) is 39.8 Å². The number of amidine groups is 1. The molecule has 2 amide bonds. The van der Waals surface area contributed by atoms with Crippen molar-refractivity contribution in [3.05, 3.63) is 53.8 Å². The predicted molar refractivity (Wildman–Crippen MR) is 166 cm³/mol. The molecule has 1 heterocycles. The number of amides is 2. The fourth-order valence-electron chi connectivity index (χ4n) is 4.49. The number of ether oxygens (including phenoxy) is 2. The van der Waals surface area contributed by atoms with Crippen molar-refractivity contribution >= 4 is 35.2 Å². The van der Waals surface area contributed by atoms with Gasteiger partial charge >= 0.3 is 12.1 Å². The van der Waals surface area contributed by atoms with Gasteiger partial charge in [0.15, 0.2) is 0 Å². The number of hydrogen-bond donors (Lipinski definition) is 2. The summed E-state index contributed by atoms with van der Waals surface area (Å²) in [5.74, 6) is -0.666. The third-order valence-electron chi connectivity index (χ3n) is 6.37. The van der Waals surface area contributed by atoms with E-state index in [2.05, 4.69) is 20.6 Å². The molecule has 0 unspecified atom stereocenters. The Balaban J connectivity index is 1.58. The summed E-state index contributed by atoms with van der Waals surface area (Å²) >= 11 is 0. The van der Waals surface area contributed by atoms with Crippen molar-refractivity contribution in [2.75, 3.05) is 13.1 Å². The van der Waals surface area contributed by atoms with E-state index in [-0.39, 0.29) is 36.6 Å². The first-order valence-electron chi connectivity index (χ1n) is 14.6. The number of esters is 1. The molecule has 0 saturated heterocycles. The fraction of sp³-hybridized carbons (Fsp3) is 0.485. The zero-order valence-corrected chi connectivity index (χ0v) is 26.2. The molecule has 0 fully saturated rings. The lowest BCUT2D eigenvalue weighted by molar-refractivity contribution is -0.156. The van der Waals surface area contributed by atoms with Crippen molar-refractivity contribution in [2.45, 2.75) is 85.4 Å². The molecule has 1 aliphatic heterocycles. The summed E-state index contributed by atoms with van der Waals surface area (Å²) in [4.78, 5) is 46.5. The molecular weight excluding hydrogens is 551 g/mol. The SMILES string of the molecule is CC(=NCCC[C@@H](CNC(=O)C1=Nc2cc(-c3ccc(F)cc3)ccc2C1)CC(=O)OC(C)(C)C)NC(=O)OC(C)(C)C. The Morgan fingerprint density at radius 2 is 1.63 bits per heavy atom. The second kappa shape index (κ2) is 14.4. The van der Waals surface area contributed by atoms with Crippen molar-refractivity contribution in [3.63, 3.8) is 0 Å². The number of halogens is 1. The molecule has 0 saturated carbocycles. The van der Waals surface area contributed by atoms with Crippen LogP contribution in [0, 0.1) is 11.7 Å². The van der Waals surface area contributed by atoms with Crippen LogP contribution in [0.1, 0.15) is 73.3 Å². The Labute approximate surface area is 253 Å². The number of benzene rings is 2. The van der Waals surface area contributed by atoms with Gasteiger partial charge in [0.25, 0.3) is 5.91 Å². The largest absolute Gasteiger partial charge is 0.460 e. The fourth-order valence-corrected chi connectivity index (χ4v) is 4.49. The van der Waals surface area contributed by atoms with Crippen LogP contribution in [0.2, 0.25) is 0 Å². The number of nitrogens with one attached hydrogen (secondary N) is 2. The molecule has 9 nitrogen and oxygen atoms in total. The Morgan fingerprint density at radius 3 is 2.28 bits per heavy atom. The van der Waals surface area contributed by atoms with Crippen LogP contribution < -0.4 is 10.6 Å². The molecule has 2 N–H and O–H groups in total. The lowest BCUT2D eigenvalue weighted by Gasteiger charge is -2.22. The molecule has 1 atom stereocenters. The summed E-state index contributed by atoms with van der Waals surface area (Å²) in [6.07, 6.45) is 1.22. The minimum atomic E-state index is -0.614. The van der Waals surface area contributed by atoms with Crippen LogP contribution in [0.25, 0.3) is 11.1 Å². The van der Waals surface area contributed by atoms with Gasteiger partial charge in [-0.15, -0.1) is 0 Å². The highest BCUT2D eigenvalue weighted by molar-refractivity contribution is 6.41. The molecule has 0 radical (unpaired) electrons. The number of aliphatic imine (C=N–C) groups is 2. The number of fused-ring (bicyclic) bond motifs is 1. The Bertz CT molecular complexity index is 1370. The van der Waals surface area contributed by atoms with Crippen LogP contribution in [0.15, 0.2) is 52.4 Å². The van der Waals surface area contributed by atoms with E-state index >= 15 is 0 Å². The van der Waals surface area contributed by atoms with E-state index in [4.69, 9.17) is 9.47 Å². The van der Waals surface area contributed by atoms with Gasteiger partial charge < -0.3 is 14.8 Å². The highest BCUT2D eigenvalue weighted by atomic mass is 19.1. The predicted octanol–water partition coefficient (Wildman–Crippen LogP) is 6.31. The summed E-state index contributed by atoms with van der Waals surface area (Å²) in [6, 6.07) is 12.0. The van der Waals surface area contributed by atoms with Crippen molar-refractivity contribution in [1.29, 1.82) is 0 Å². The first-order valence-corrected chi connectivity index (χ1v) is 14.6. The van der Waals surface area contributed by atoms with E-state index in [1.165, 1.54) is 12.1 Å². The average Bonchev–Trinajstić information content (AvgIpc) is 3.31. The topological polar surface area (TPSA) is 118 Å². The average molecular weight is 595 g/mol. The maximum absolute atomic E-state index is 13.3. The maximum Gasteiger partial charge on any atom is 0.413 e. The molecule has 10 heteroatoms. The van der Waals surface area contributed by atoms with Crippen LogP contribution >= 0.6 is 0 Å². The first-order chi connectivity index (χ1) is 20.1. The van der Waals surface area contributed by atoms with Gasteiger partial charge in [0, 0.05) is 19.5 Å². The van der Waals surface area contributed by atoms with Gasteiger partial charge in [0.1, 0.15) is 28.6 Å². The summed E-state index contributed by atoms with van der Waals surface area (Å²) in [6.45, 7) is 13.2. The summed E-state index contributed by atoms with van der Waals surface area (Å²) in [5.41, 5.74) is 2.58. The maximum atomic E-state index is 13.3. The third kappa shape index (κ3) is 11.6. The molecular formula is C33H43FN4O5. The Kier molecular flexibility index (Phi) is 11.2. The van der Waals surface area contributed by atoms with Gasteiger partial charge in [-0.05, 0) is 102 Å². The van der Waals surface area contributed by atoms with E-state index in [1.807, 2.05) is 39.0 Å². The van der Waals surface area contributed by atoms with Gasteiger partial charge in [-0.3, -0.25) is 19.9 Å². The minimum absolute atomic E-state index is 0.143. The molecule has 43 heavy (non-hydrogen) atoms. The molecule has 2 aromatic carbocycles. The molecule has 3 rings (SSSR count). The minimum Gasteiger partial charge on any atom is -0.460 e. The van der Waals surface area contributed by atoms with Crippen molar-refractivity contribution in [2.24, 2.45) is 15.9 Å². The number of carbonyl (C=O) groups is 3. The van der Waals surface area contributed by atoms with Crippen molar-refractivity contribution in [3.8, 4) is 11.1 Å². The highest BCUT2D eigenvalue weighted by Gasteiger charge is 2.24. The van der Waals surface area contributed by atoms with Crippen LogP contribution in [-0.2, 0) is 25.5 Å². The van der Waals surface area contributed by atoms with E-state index in [9.17, 15) is 18.8 Å². The lowest BCUT2D eigenvalue weighted by atomic mass is 9.98. The third-order valence-corrected chi connectivity index (χ3v) is 6.37. The summed E-state index contributed by atoms with van der Waals surface area (Å²) < 4.78 is 24.1. The quantitative estimate of drug-likeness (QED) is 0.145. The second-order valence-electron chi connectivity index (χ2n) is 12.7. The van der Waals surface area contributed by atoms with Crippen LogP contribution in [0.3, 0.4) is 0 Å². The number of rotatable bonds is 10. The monoisotopic (exact) mass is 594 g/mol. The standard InChI is InChI=1S/C33H43FN4O5/c1-21(37-31(41)43-33(5,6)7)35-16-8-9-22(17-29(39)42-32(2,3)4)20-36-30(40)28-19-25-11-10-24(18-27(25)38-28)23-12-14-26(34)15-13-23/h10-15,18,22H,8-9,16-17,19-20H2,1-7H3,(H,36,40)(H,35,37,41)/t22-/m1/s1. The van der Waals surface area contributed by atoms with Gasteiger partial charge in [0.2, 0.25) is 0 Å². The van der Waals surface area contributed by atoms with Crippen LogP contribution in [0.4, 0.5) is 14.9 Å². The lowest BCUT2D eigenvalue weighted by Crippen LogP contribution is -2.36. The van der Waals surface area contributed by atoms with Crippen LogP contribution in [-0.4, -0.2) is 53.8 Å². The molecule has 0 aromatic heterocycles. The Hall–Kier alpha value is -4.08. The molecule has 0 spiro atoms. The second-order valence-corrected chi connectivity index (χ2v) is 12.7. The molecule has 0 bridgehead atoms. The van der Waals surface area contributed by atoms with E-state index < -0.39 is 17.3 Å². The molecule has 1 aliphatic rings. The summed E-state index contributed by atoms with van der Waals surface area (Å²) in [7, 11) is 0. The zero-order chi connectivity index (χ0) is 31.8. The van der Waals surface area contributed by atoms with Crippen molar-refractivity contribution < 1.29 is 28.2 Å². The first kappa shape index (κ1) is 33.4. The number of nitrogens with zero attached hydrogens (tertiary/aromatic N) is 2. The molecule has 2 aromatic rings. The van der Waals surface area contributed by atoms with Gasteiger partial charge in [-0.2, -0.15) is 0 Å². The normalized spacial score (nSPS) is 14.0. The number of carbonyl (C=O) groups excluding carboxylic acids is 3. The number of hydrogen-bond acceptors (Lipinski definition) is 7. The van der Waals surface area contributed by atoms with Gasteiger partial charge in [-0.1, -0.05) is 24.3 Å². The zero-order valence-electron chi connectivity index (χ0n) is 26.2. The molecule has 232 valence electrons. The highest BCUT2D eigenvalue weighted by Crippen LogP contribution is 2.32. The van der Waals surface area contributed by atoms with Crippen molar-refractivity contribution in [1.82, 2.24) is 10.6 Å². The number of alkyl carbamates (subject to hydrolysis) is 1.